The molecule has 0 amide bonds. The van der Waals surface area contributed by atoms with Crippen molar-refractivity contribution in [2.45, 2.75) is 6.92 Å². The molecule has 6 rings (SSSR count). The van der Waals surface area contributed by atoms with E-state index in [0.29, 0.717) is 0 Å². The van der Waals surface area contributed by atoms with E-state index in [0.717, 1.165) is 10.8 Å². The van der Waals surface area contributed by atoms with Crippen LogP contribution in [0.3, 0.4) is 0 Å². The van der Waals surface area contributed by atoms with Gasteiger partial charge in [-0.25, -0.2) is 4.39 Å². The lowest BCUT2D eigenvalue weighted by molar-refractivity contribution is 0.415. The first-order valence-corrected chi connectivity index (χ1v) is 13.6. The van der Waals surface area contributed by atoms with Gasteiger partial charge in [0, 0.05) is 5.02 Å². The van der Waals surface area contributed by atoms with E-state index >= 15 is 0 Å². The van der Waals surface area contributed by atoms with Crippen molar-refractivity contribution in [2.24, 2.45) is 0 Å². The van der Waals surface area contributed by atoms with Gasteiger partial charge in [-0.15, -0.1) is 0 Å². The molecular weight excluding hydrogens is 527 g/mol. The summed E-state index contributed by atoms with van der Waals surface area (Å²) < 4.78 is 16.8. The molecule has 0 atom stereocenters. The SMILES string of the molecule is COc1ccccc1.Cc1ccccc1.Clc1ccccc1.Fc1ccccc1.c1ccc(-c2ccccc2)cc1. The number of para-hydroxylation sites is 1. The molecule has 0 aliphatic carbocycles. The van der Waals surface area contributed by atoms with Gasteiger partial charge in [0.1, 0.15) is 11.6 Å². The molecule has 3 heteroatoms. The predicted octanol–water partition coefficient (Wildman–Crippen LogP) is 11.2. The van der Waals surface area contributed by atoms with E-state index in [4.69, 9.17) is 16.3 Å². The molecule has 0 unspecified atom stereocenters. The van der Waals surface area contributed by atoms with Crippen molar-refractivity contribution in [3.63, 3.8) is 0 Å². The topological polar surface area (TPSA) is 9.23 Å². The zero-order valence-corrected chi connectivity index (χ0v) is 24.2. The largest absolute Gasteiger partial charge is 0.497 e. The summed E-state index contributed by atoms with van der Waals surface area (Å²) in [5.74, 6) is 0.731. The molecule has 1 nitrogen and oxygen atoms in total. The van der Waals surface area contributed by atoms with Crippen LogP contribution in [0.25, 0.3) is 11.1 Å². The predicted molar refractivity (Wildman–Crippen MR) is 174 cm³/mol. The van der Waals surface area contributed by atoms with Crippen molar-refractivity contribution < 1.29 is 9.13 Å². The average Bonchev–Trinajstić information content (AvgIpc) is 3.05. The van der Waals surface area contributed by atoms with Gasteiger partial charge >= 0.3 is 0 Å². The smallest absolute Gasteiger partial charge is 0.123 e. The quantitative estimate of drug-likeness (QED) is 0.204. The molecular formula is C38H36ClFO. The number of hydrogen-bond donors (Lipinski definition) is 0. The number of methoxy groups -OCH3 is 1. The molecule has 6 aromatic rings. The van der Waals surface area contributed by atoms with Crippen LogP contribution in [0, 0.1) is 12.7 Å². The minimum absolute atomic E-state index is 0.178. The summed E-state index contributed by atoms with van der Waals surface area (Å²) in [6.45, 7) is 2.08. The summed E-state index contributed by atoms with van der Waals surface area (Å²) in [7, 11) is 1.66. The van der Waals surface area contributed by atoms with Crippen LogP contribution in [-0.2, 0) is 0 Å². The number of benzene rings is 6. The van der Waals surface area contributed by atoms with Gasteiger partial charge < -0.3 is 4.74 Å². The third kappa shape index (κ3) is 16.1. The summed E-state index contributed by atoms with van der Waals surface area (Å²) in [4.78, 5) is 0. The second kappa shape index (κ2) is 21.2. The Labute approximate surface area is 249 Å². The summed E-state index contributed by atoms with van der Waals surface area (Å²) in [6, 6.07) is 58.1. The number of rotatable bonds is 2. The first-order chi connectivity index (χ1) is 20.1. The maximum absolute atomic E-state index is 11.9. The Morgan fingerprint density at radius 3 is 0.976 bits per heavy atom. The molecule has 0 saturated heterocycles. The molecule has 0 aliphatic heterocycles. The Kier molecular flexibility index (Phi) is 16.8. The second-order valence-corrected chi connectivity index (χ2v) is 8.93. The van der Waals surface area contributed by atoms with Crippen LogP contribution < -0.4 is 4.74 Å². The third-order valence-corrected chi connectivity index (χ3v) is 5.52. The first-order valence-electron chi connectivity index (χ1n) is 13.2. The van der Waals surface area contributed by atoms with Crippen molar-refractivity contribution in [1.29, 1.82) is 0 Å². The summed E-state index contributed by atoms with van der Waals surface area (Å²) >= 11 is 5.54. The van der Waals surface area contributed by atoms with Gasteiger partial charge in [-0.05, 0) is 54.4 Å². The number of ether oxygens (including phenoxy) is 1. The van der Waals surface area contributed by atoms with Gasteiger partial charge in [0.05, 0.1) is 7.11 Å². The molecule has 0 heterocycles. The van der Waals surface area contributed by atoms with E-state index in [1.807, 2.05) is 91.0 Å². The standard InChI is InChI=1S/C12H10.C7H8O.C7H8.C6H5Cl.C6H5F/c1-3-7-11(8-4-1)12-9-5-2-6-10-12;1-8-7-5-3-2-4-6-7;1-7-5-3-2-4-6-7;2*7-6-4-2-1-3-5-6/h1-10H;2-6H,1H3;2-6H,1H3;2*1-5H. The monoisotopic (exact) mass is 562 g/mol. The summed E-state index contributed by atoms with van der Waals surface area (Å²) in [5, 5.41) is 0.794. The first kappa shape index (κ1) is 32.6. The van der Waals surface area contributed by atoms with Crippen LogP contribution in [0.4, 0.5) is 4.39 Å². The van der Waals surface area contributed by atoms with E-state index in [2.05, 4.69) is 67.6 Å². The molecule has 0 radical (unpaired) electrons. The number of aryl methyl sites for hydroxylation is 1. The number of hydrogen-bond acceptors (Lipinski definition) is 1. The normalized spacial score (nSPS) is 8.98. The highest BCUT2D eigenvalue weighted by molar-refractivity contribution is 6.30. The zero-order chi connectivity index (χ0) is 29.4. The fourth-order valence-corrected chi connectivity index (χ4v) is 3.33. The zero-order valence-electron chi connectivity index (χ0n) is 23.5. The van der Waals surface area contributed by atoms with Crippen molar-refractivity contribution >= 4 is 11.6 Å². The van der Waals surface area contributed by atoms with Crippen molar-refractivity contribution in [3.05, 3.63) is 198 Å². The van der Waals surface area contributed by atoms with Crippen LogP contribution >= 0.6 is 11.6 Å². The molecule has 0 spiro atoms. The Hall–Kier alpha value is -4.66. The third-order valence-electron chi connectivity index (χ3n) is 5.27. The lowest BCUT2D eigenvalue weighted by atomic mass is 10.1. The summed E-state index contributed by atoms with van der Waals surface area (Å²) in [5.41, 5.74) is 3.87. The highest BCUT2D eigenvalue weighted by Crippen LogP contribution is 2.17. The molecule has 0 N–H and O–H groups in total. The van der Waals surface area contributed by atoms with Gasteiger partial charge in [-0.3, -0.25) is 0 Å². The molecule has 0 aromatic heterocycles. The van der Waals surface area contributed by atoms with E-state index in [9.17, 15) is 4.39 Å². The maximum atomic E-state index is 11.9. The van der Waals surface area contributed by atoms with E-state index < -0.39 is 0 Å². The van der Waals surface area contributed by atoms with E-state index in [-0.39, 0.29) is 5.82 Å². The Bertz CT molecular complexity index is 1270. The van der Waals surface area contributed by atoms with Crippen LogP contribution in [0.15, 0.2) is 182 Å². The van der Waals surface area contributed by atoms with Crippen LogP contribution in [0.1, 0.15) is 5.56 Å². The minimum atomic E-state index is -0.178. The van der Waals surface area contributed by atoms with E-state index in [1.54, 1.807) is 25.3 Å². The lowest BCUT2D eigenvalue weighted by Gasteiger charge is -1.98. The van der Waals surface area contributed by atoms with Crippen molar-refractivity contribution in [1.82, 2.24) is 0 Å². The Balaban J connectivity index is 0.000000183. The fourth-order valence-electron chi connectivity index (χ4n) is 3.18. The van der Waals surface area contributed by atoms with Crippen LogP contribution in [-0.4, -0.2) is 7.11 Å². The van der Waals surface area contributed by atoms with Crippen LogP contribution in [0.5, 0.6) is 5.75 Å². The second-order valence-electron chi connectivity index (χ2n) is 8.50. The fraction of sp³-hybridized carbons (Fsp3) is 0.0526. The molecule has 41 heavy (non-hydrogen) atoms. The minimum Gasteiger partial charge on any atom is -0.497 e. The average molecular weight is 563 g/mol. The van der Waals surface area contributed by atoms with Gasteiger partial charge in [0.2, 0.25) is 0 Å². The van der Waals surface area contributed by atoms with Crippen molar-refractivity contribution in [2.75, 3.05) is 7.11 Å². The molecule has 6 aromatic carbocycles. The molecule has 0 bridgehead atoms. The number of halogens is 2. The molecule has 0 fully saturated rings. The highest BCUT2D eigenvalue weighted by atomic mass is 35.5. The van der Waals surface area contributed by atoms with Gasteiger partial charge in [0.25, 0.3) is 0 Å². The van der Waals surface area contributed by atoms with Crippen LogP contribution in [0.2, 0.25) is 5.02 Å². The molecule has 208 valence electrons. The Morgan fingerprint density at radius 1 is 0.439 bits per heavy atom. The highest BCUT2D eigenvalue weighted by Gasteiger charge is 1.91. The Morgan fingerprint density at radius 2 is 0.756 bits per heavy atom. The maximum Gasteiger partial charge on any atom is 0.123 e. The summed E-state index contributed by atoms with van der Waals surface area (Å²) in [6.07, 6.45) is 0. The van der Waals surface area contributed by atoms with Crippen molar-refractivity contribution in [3.8, 4) is 16.9 Å². The van der Waals surface area contributed by atoms with Gasteiger partial charge in [-0.1, -0.05) is 163 Å². The lowest BCUT2D eigenvalue weighted by Crippen LogP contribution is -1.78. The van der Waals surface area contributed by atoms with Gasteiger partial charge in [-0.2, -0.15) is 0 Å². The molecule has 0 saturated carbocycles. The van der Waals surface area contributed by atoms with E-state index in [1.165, 1.54) is 28.8 Å². The van der Waals surface area contributed by atoms with Gasteiger partial charge in [0.15, 0.2) is 0 Å². The molecule has 0 aliphatic rings.